The van der Waals surface area contributed by atoms with Crippen molar-refractivity contribution >= 4 is 33.5 Å². The molecule has 1 atom stereocenters. The summed E-state index contributed by atoms with van der Waals surface area (Å²) in [5.74, 6) is -0.709. The largest absolute Gasteiger partial charge is 0.340 e. The van der Waals surface area contributed by atoms with Crippen LogP contribution in [0.3, 0.4) is 0 Å². The van der Waals surface area contributed by atoms with E-state index in [0.29, 0.717) is 11.3 Å². The summed E-state index contributed by atoms with van der Waals surface area (Å²) >= 11 is 3.38. The smallest absolute Gasteiger partial charge is 0.262 e. The molecule has 0 saturated heterocycles. The molecule has 0 aromatic heterocycles. The van der Waals surface area contributed by atoms with Crippen molar-refractivity contribution in [1.82, 2.24) is 10.7 Å². The number of carbonyl (C=O) groups is 2. The average molecular weight is 416 g/mol. The highest BCUT2D eigenvalue weighted by atomic mass is 79.9. The first kappa shape index (κ1) is 19.8. The molecule has 26 heavy (non-hydrogen) atoms. The number of nitrogens with one attached hydrogen (secondary N) is 2. The van der Waals surface area contributed by atoms with Crippen LogP contribution in [0.1, 0.15) is 36.7 Å². The van der Waals surface area contributed by atoms with Crippen LogP contribution in [0.4, 0.5) is 0 Å². The van der Waals surface area contributed by atoms with Crippen molar-refractivity contribution in [2.45, 2.75) is 26.8 Å². The van der Waals surface area contributed by atoms with E-state index in [-0.39, 0.29) is 17.7 Å². The zero-order chi connectivity index (χ0) is 19.1. The number of rotatable bonds is 6. The Bertz CT molecular complexity index is 786. The van der Waals surface area contributed by atoms with Gasteiger partial charge in [-0.15, -0.1) is 0 Å². The quantitative estimate of drug-likeness (QED) is 0.556. The Labute approximate surface area is 162 Å². The molecule has 0 aliphatic rings. The topological polar surface area (TPSA) is 70.6 Å². The van der Waals surface area contributed by atoms with E-state index in [1.807, 2.05) is 51.1 Å². The SMILES string of the molecule is C/C(=N/NC(=O)[C@H](NC(=O)c1ccccc1)C(C)C)c1ccc(Br)cc1. The number of hydrogen-bond acceptors (Lipinski definition) is 3. The van der Waals surface area contributed by atoms with E-state index in [4.69, 9.17) is 0 Å². The minimum atomic E-state index is -0.677. The van der Waals surface area contributed by atoms with Crippen molar-refractivity contribution in [3.8, 4) is 0 Å². The van der Waals surface area contributed by atoms with Gasteiger partial charge in [-0.2, -0.15) is 5.10 Å². The summed E-state index contributed by atoms with van der Waals surface area (Å²) in [7, 11) is 0. The van der Waals surface area contributed by atoms with E-state index < -0.39 is 6.04 Å². The number of nitrogens with zero attached hydrogens (tertiary/aromatic N) is 1. The van der Waals surface area contributed by atoms with Gasteiger partial charge in [-0.3, -0.25) is 9.59 Å². The lowest BCUT2D eigenvalue weighted by Gasteiger charge is -2.20. The molecule has 0 aliphatic heterocycles. The van der Waals surface area contributed by atoms with Gasteiger partial charge in [0, 0.05) is 10.0 Å². The summed E-state index contributed by atoms with van der Waals surface area (Å²) in [6, 6.07) is 15.8. The average Bonchev–Trinajstić information content (AvgIpc) is 2.64. The molecule has 0 spiro atoms. The van der Waals surface area contributed by atoms with Crippen molar-refractivity contribution in [2.24, 2.45) is 11.0 Å². The molecule has 0 saturated carbocycles. The summed E-state index contributed by atoms with van der Waals surface area (Å²) in [5.41, 5.74) is 4.66. The van der Waals surface area contributed by atoms with Crippen LogP contribution in [-0.2, 0) is 4.79 Å². The lowest BCUT2D eigenvalue weighted by molar-refractivity contribution is -0.123. The summed E-state index contributed by atoms with van der Waals surface area (Å²) in [5, 5.41) is 6.93. The van der Waals surface area contributed by atoms with Crippen molar-refractivity contribution in [1.29, 1.82) is 0 Å². The molecule has 0 unspecified atom stereocenters. The maximum atomic E-state index is 12.5. The third-order valence-corrected chi connectivity index (χ3v) is 4.40. The van der Waals surface area contributed by atoms with Crippen LogP contribution in [0.15, 0.2) is 64.2 Å². The first-order valence-electron chi connectivity index (χ1n) is 8.34. The Morgan fingerprint density at radius 1 is 0.962 bits per heavy atom. The van der Waals surface area contributed by atoms with E-state index in [2.05, 4.69) is 31.8 Å². The number of benzene rings is 2. The highest BCUT2D eigenvalue weighted by Crippen LogP contribution is 2.11. The number of amides is 2. The lowest BCUT2D eigenvalue weighted by atomic mass is 10.0. The van der Waals surface area contributed by atoms with Gasteiger partial charge < -0.3 is 5.32 Å². The summed E-state index contributed by atoms with van der Waals surface area (Å²) in [4.78, 5) is 24.8. The normalized spacial score (nSPS) is 12.6. The fourth-order valence-corrected chi connectivity index (χ4v) is 2.58. The van der Waals surface area contributed by atoms with Crippen molar-refractivity contribution in [3.05, 3.63) is 70.2 Å². The third kappa shape index (κ3) is 5.52. The highest BCUT2D eigenvalue weighted by molar-refractivity contribution is 9.10. The molecular weight excluding hydrogens is 394 g/mol. The molecule has 2 amide bonds. The van der Waals surface area contributed by atoms with Crippen LogP contribution < -0.4 is 10.7 Å². The second-order valence-corrected chi connectivity index (χ2v) is 7.16. The fourth-order valence-electron chi connectivity index (χ4n) is 2.31. The Hall–Kier alpha value is -2.47. The first-order chi connectivity index (χ1) is 12.4. The van der Waals surface area contributed by atoms with Gasteiger partial charge in [0.1, 0.15) is 6.04 Å². The van der Waals surface area contributed by atoms with E-state index in [0.717, 1.165) is 10.0 Å². The van der Waals surface area contributed by atoms with Crippen molar-refractivity contribution < 1.29 is 9.59 Å². The monoisotopic (exact) mass is 415 g/mol. The van der Waals surface area contributed by atoms with E-state index >= 15 is 0 Å². The Morgan fingerprint density at radius 2 is 1.58 bits per heavy atom. The second-order valence-electron chi connectivity index (χ2n) is 6.24. The predicted octanol–water partition coefficient (Wildman–Crippen LogP) is 3.74. The van der Waals surface area contributed by atoms with E-state index in [9.17, 15) is 9.59 Å². The molecule has 0 aliphatic carbocycles. The van der Waals surface area contributed by atoms with Gasteiger partial charge in [0.25, 0.3) is 11.8 Å². The van der Waals surface area contributed by atoms with Crippen LogP contribution in [0.2, 0.25) is 0 Å². The molecule has 2 aromatic rings. The van der Waals surface area contributed by atoms with Crippen LogP contribution >= 0.6 is 15.9 Å². The molecule has 5 nitrogen and oxygen atoms in total. The van der Waals surface area contributed by atoms with Gasteiger partial charge in [-0.05, 0) is 42.7 Å². The van der Waals surface area contributed by atoms with Gasteiger partial charge >= 0.3 is 0 Å². The summed E-state index contributed by atoms with van der Waals surface area (Å²) in [6.45, 7) is 5.57. The van der Waals surface area contributed by atoms with Gasteiger partial charge in [0.2, 0.25) is 0 Å². The zero-order valence-electron chi connectivity index (χ0n) is 15.0. The predicted molar refractivity (Wildman–Crippen MR) is 107 cm³/mol. The van der Waals surface area contributed by atoms with E-state index in [1.54, 1.807) is 24.3 Å². The molecule has 0 heterocycles. The molecule has 0 fully saturated rings. The Kier molecular flexibility index (Phi) is 7.09. The molecule has 0 bridgehead atoms. The van der Waals surface area contributed by atoms with Gasteiger partial charge in [0.05, 0.1) is 5.71 Å². The van der Waals surface area contributed by atoms with Crippen LogP contribution in [0.25, 0.3) is 0 Å². The first-order valence-corrected chi connectivity index (χ1v) is 9.13. The maximum absolute atomic E-state index is 12.5. The zero-order valence-corrected chi connectivity index (χ0v) is 16.6. The molecule has 2 aromatic carbocycles. The molecule has 2 rings (SSSR count). The Balaban J connectivity index is 2.05. The molecule has 6 heteroatoms. The van der Waals surface area contributed by atoms with Crippen molar-refractivity contribution in [2.75, 3.05) is 0 Å². The lowest BCUT2D eigenvalue weighted by Crippen LogP contribution is -2.48. The molecule has 2 N–H and O–H groups in total. The van der Waals surface area contributed by atoms with Crippen LogP contribution in [0, 0.1) is 5.92 Å². The van der Waals surface area contributed by atoms with Crippen molar-refractivity contribution in [3.63, 3.8) is 0 Å². The maximum Gasteiger partial charge on any atom is 0.262 e. The van der Waals surface area contributed by atoms with Crippen LogP contribution in [0.5, 0.6) is 0 Å². The molecular formula is C20H22BrN3O2. The van der Waals surface area contributed by atoms with Gasteiger partial charge in [-0.1, -0.05) is 60.1 Å². The van der Waals surface area contributed by atoms with Gasteiger partial charge in [0.15, 0.2) is 0 Å². The molecule has 136 valence electrons. The van der Waals surface area contributed by atoms with E-state index in [1.165, 1.54) is 0 Å². The number of hydrazone groups is 1. The number of halogens is 1. The fraction of sp³-hybridized carbons (Fsp3) is 0.250. The Morgan fingerprint density at radius 3 is 2.15 bits per heavy atom. The minimum Gasteiger partial charge on any atom is -0.340 e. The summed E-state index contributed by atoms with van der Waals surface area (Å²) in [6.07, 6.45) is 0. The number of hydrogen-bond donors (Lipinski definition) is 2. The molecule has 0 radical (unpaired) electrons. The highest BCUT2D eigenvalue weighted by Gasteiger charge is 2.24. The standard InChI is InChI=1S/C20H22BrN3O2/c1-13(2)18(22-19(25)16-7-5-4-6-8-16)20(26)24-23-14(3)15-9-11-17(21)12-10-15/h4-13,18H,1-3H3,(H,22,25)(H,24,26)/b23-14-/t18-/m1/s1. The van der Waals surface area contributed by atoms with Gasteiger partial charge in [-0.25, -0.2) is 5.43 Å². The minimum absolute atomic E-state index is 0.0779. The van der Waals surface area contributed by atoms with Crippen LogP contribution in [-0.4, -0.2) is 23.6 Å². The number of carbonyl (C=O) groups excluding carboxylic acids is 2. The summed E-state index contributed by atoms with van der Waals surface area (Å²) < 4.78 is 0.974. The third-order valence-electron chi connectivity index (χ3n) is 3.87. The second kappa shape index (κ2) is 9.29.